The fraction of sp³-hybridized carbons (Fsp3) is 0.684. The Morgan fingerprint density at radius 3 is 2.10 bits per heavy atom. The maximum atomic E-state index is 4.25. The van der Waals surface area contributed by atoms with Crippen molar-refractivity contribution in [1.29, 1.82) is 0 Å². The number of hydrogen-bond acceptors (Lipinski definition) is 1. The SMILES string of the molecule is C=C(C)C(C)(CC)c1cc(C(C)C)c(C(C)(C)CC)s1. The number of allylic oxidation sites excluding steroid dienone is 1. The van der Waals surface area contributed by atoms with Gasteiger partial charge in [-0.15, -0.1) is 11.3 Å². The van der Waals surface area contributed by atoms with Gasteiger partial charge in [0, 0.05) is 15.2 Å². The molecule has 0 nitrogen and oxygen atoms in total. The van der Waals surface area contributed by atoms with Gasteiger partial charge in [-0.05, 0) is 42.7 Å². The summed E-state index contributed by atoms with van der Waals surface area (Å²) in [5.74, 6) is 0.590. The van der Waals surface area contributed by atoms with Crippen LogP contribution in [0.15, 0.2) is 18.2 Å². The summed E-state index contributed by atoms with van der Waals surface area (Å²) < 4.78 is 0. The molecule has 1 heterocycles. The highest BCUT2D eigenvalue weighted by molar-refractivity contribution is 7.12. The van der Waals surface area contributed by atoms with Gasteiger partial charge in [-0.25, -0.2) is 0 Å². The topological polar surface area (TPSA) is 0 Å². The van der Waals surface area contributed by atoms with Gasteiger partial charge in [-0.2, -0.15) is 0 Å². The highest BCUT2D eigenvalue weighted by Crippen LogP contribution is 2.46. The zero-order valence-corrected chi connectivity index (χ0v) is 15.5. The summed E-state index contributed by atoms with van der Waals surface area (Å²) in [5.41, 5.74) is 3.21. The van der Waals surface area contributed by atoms with E-state index in [0.717, 1.165) is 6.42 Å². The summed E-state index contributed by atoms with van der Waals surface area (Å²) in [6, 6.07) is 2.46. The van der Waals surface area contributed by atoms with Gasteiger partial charge in [0.15, 0.2) is 0 Å². The van der Waals surface area contributed by atoms with E-state index in [9.17, 15) is 0 Å². The lowest BCUT2D eigenvalue weighted by atomic mass is 9.78. The van der Waals surface area contributed by atoms with Crippen molar-refractivity contribution in [1.82, 2.24) is 0 Å². The fourth-order valence-electron chi connectivity index (χ4n) is 2.48. The first kappa shape index (κ1) is 17.5. The molecule has 0 saturated heterocycles. The van der Waals surface area contributed by atoms with Crippen molar-refractivity contribution in [3.05, 3.63) is 33.5 Å². The number of rotatable bonds is 6. The third kappa shape index (κ3) is 3.03. The van der Waals surface area contributed by atoms with Crippen LogP contribution in [0.5, 0.6) is 0 Å². The lowest BCUT2D eigenvalue weighted by Crippen LogP contribution is -2.20. The Balaban J connectivity index is 3.47. The maximum Gasteiger partial charge on any atom is 0.0219 e. The lowest BCUT2D eigenvalue weighted by molar-refractivity contribution is 0.510. The van der Waals surface area contributed by atoms with Crippen LogP contribution >= 0.6 is 11.3 Å². The van der Waals surface area contributed by atoms with Gasteiger partial charge < -0.3 is 0 Å². The minimum Gasteiger partial charge on any atom is -0.144 e. The zero-order chi connectivity index (χ0) is 15.7. The normalized spacial score (nSPS) is 15.4. The van der Waals surface area contributed by atoms with Gasteiger partial charge in [-0.1, -0.05) is 60.6 Å². The Bertz CT molecular complexity index is 476. The molecule has 0 bridgehead atoms. The molecule has 1 aromatic rings. The minimum atomic E-state index is 0.121. The average Bonchev–Trinajstić information content (AvgIpc) is 2.83. The van der Waals surface area contributed by atoms with Gasteiger partial charge in [0.25, 0.3) is 0 Å². The predicted molar refractivity (Wildman–Crippen MR) is 94.2 cm³/mol. The molecule has 0 amide bonds. The Labute approximate surface area is 130 Å². The monoisotopic (exact) mass is 292 g/mol. The van der Waals surface area contributed by atoms with Crippen molar-refractivity contribution in [2.24, 2.45) is 0 Å². The number of hydrogen-bond donors (Lipinski definition) is 0. The van der Waals surface area contributed by atoms with Crippen LogP contribution < -0.4 is 0 Å². The number of thiophene rings is 1. The average molecular weight is 293 g/mol. The summed E-state index contributed by atoms with van der Waals surface area (Å²) in [7, 11) is 0. The van der Waals surface area contributed by atoms with Crippen molar-refractivity contribution in [2.45, 2.75) is 85.0 Å². The molecule has 0 N–H and O–H groups in total. The molecule has 20 heavy (non-hydrogen) atoms. The molecule has 1 atom stereocenters. The molecular weight excluding hydrogens is 260 g/mol. The molecule has 0 aliphatic rings. The van der Waals surface area contributed by atoms with E-state index < -0.39 is 0 Å². The second-order valence-electron chi connectivity index (χ2n) is 7.25. The van der Waals surface area contributed by atoms with Crippen LogP contribution in [0.25, 0.3) is 0 Å². The van der Waals surface area contributed by atoms with Crippen LogP contribution in [0, 0.1) is 0 Å². The smallest absolute Gasteiger partial charge is 0.0219 e. The fourth-order valence-corrected chi connectivity index (χ4v) is 4.26. The molecule has 1 rings (SSSR count). The molecule has 0 aliphatic carbocycles. The lowest BCUT2D eigenvalue weighted by Gasteiger charge is -2.28. The standard InChI is InChI=1S/C19H32S/c1-10-18(7,8)17-15(13(3)4)12-16(20-17)19(9,11-2)14(5)6/h12-13H,5,10-11H2,1-4,6-9H3. The minimum absolute atomic E-state index is 0.121. The maximum absolute atomic E-state index is 4.25. The van der Waals surface area contributed by atoms with Gasteiger partial charge >= 0.3 is 0 Å². The van der Waals surface area contributed by atoms with Crippen LogP contribution in [-0.4, -0.2) is 0 Å². The van der Waals surface area contributed by atoms with Gasteiger partial charge in [-0.3, -0.25) is 0 Å². The summed E-state index contributed by atoms with van der Waals surface area (Å²) in [6.07, 6.45) is 2.30. The van der Waals surface area contributed by atoms with Crippen molar-refractivity contribution in [3.8, 4) is 0 Å². The third-order valence-corrected chi connectivity index (χ3v) is 6.85. The predicted octanol–water partition coefficient (Wildman–Crippen LogP) is 6.80. The van der Waals surface area contributed by atoms with Crippen LogP contribution in [0.1, 0.15) is 89.5 Å². The van der Waals surface area contributed by atoms with E-state index in [1.165, 1.54) is 22.4 Å². The molecule has 114 valence electrons. The first-order chi connectivity index (χ1) is 9.10. The van der Waals surface area contributed by atoms with E-state index in [4.69, 9.17) is 0 Å². The largest absolute Gasteiger partial charge is 0.144 e. The zero-order valence-electron chi connectivity index (χ0n) is 14.7. The molecule has 1 aromatic heterocycles. The molecule has 0 radical (unpaired) electrons. The summed E-state index contributed by atoms with van der Waals surface area (Å²) in [6.45, 7) is 22.7. The Morgan fingerprint density at radius 1 is 1.20 bits per heavy atom. The van der Waals surface area contributed by atoms with Gasteiger partial charge in [0.05, 0.1) is 0 Å². The molecule has 1 heteroatoms. The van der Waals surface area contributed by atoms with Crippen molar-refractivity contribution < 1.29 is 0 Å². The highest BCUT2D eigenvalue weighted by Gasteiger charge is 2.32. The summed E-state index contributed by atoms with van der Waals surface area (Å²) in [5, 5.41) is 0. The van der Waals surface area contributed by atoms with E-state index in [0.29, 0.717) is 5.92 Å². The molecule has 0 fully saturated rings. The first-order valence-corrected chi connectivity index (χ1v) is 8.72. The first-order valence-electron chi connectivity index (χ1n) is 7.90. The highest BCUT2D eigenvalue weighted by atomic mass is 32.1. The molecule has 0 aliphatic heterocycles. The molecule has 0 spiro atoms. The molecule has 0 saturated carbocycles. The van der Waals surface area contributed by atoms with E-state index in [1.807, 2.05) is 11.3 Å². The Hall–Kier alpha value is -0.560. The van der Waals surface area contributed by atoms with E-state index in [-0.39, 0.29) is 10.8 Å². The van der Waals surface area contributed by atoms with Crippen LogP contribution in [0.4, 0.5) is 0 Å². The van der Waals surface area contributed by atoms with Crippen molar-refractivity contribution >= 4 is 11.3 Å². The third-order valence-electron chi connectivity index (χ3n) is 5.07. The van der Waals surface area contributed by atoms with E-state index in [1.54, 1.807) is 4.88 Å². The van der Waals surface area contributed by atoms with Crippen molar-refractivity contribution in [2.75, 3.05) is 0 Å². The van der Waals surface area contributed by atoms with Gasteiger partial charge in [0.2, 0.25) is 0 Å². The second-order valence-corrected chi connectivity index (χ2v) is 8.31. The van der Waals surface area contributed by atoms with Crippen LogP contribution in [-0.2, 0) is 10.8 Å². The Morgan fingerprint density at radius 2 is 1.75 bits per heavy atom. The Kier molecular flexibility index (Phi) is 5.29. The summed E-state index contributed by atoms with van der Waals surface area (Å²) >= 11 is 2.02. The second kappa shape index (κ2) is 6.05. The summed E-state index contributed by atoms with van der Waals surface area (Å²) in [4.78, 5) is 3.07. The molecular formula is C19H32S. The van der Waals surface area contributed by atoms with Crippen LogP contribution in [0.2, 0.25) is 0 Å². The van der Waals surface area contributed by atoms with E-state index >= 15 is 0 Å². The quantitative estimate of drug-likeness (QED) is 0.506. The molecule has 0 aromatic carbocycles. The van der Waals surface area contributed by atoms with Crippen molar-refractivity contribution in [3.63, 3.8) is 0 Å². The molecule has 1 unspecified atom stereocenters. The van der Waals surface area contributed by atoms with E-state index in [2.05, 4.69) is 68.0 Å². The van der Waals surface area contributed by atoms with Gasteiger partial charge in [0.1, 0.15) is 0 Å². The van der Waals surface area contributed by atoms with Crippen LogP contribution in [0.3, 0.4) is 0 Å².